The van der Waals surface area contributed by atoms with Gasteiger partial charge in [0.1, 0.15) is 0 Å². The predicted octanol–water partition coefficient (Wildman–Crippen LogP) is 1.91. The summed E-state index contributed by atoms with van der Waals surface area (Å²) < 4.78 is 27.8. The number of carbonyl (C=O) groups excluding carboxylic acids is 1. The van der Waals surface area contributed by atoms with Crippen LogP contribution >= 0.6 is 10.7 Å². The third-order valence-electron chi connectivity index (χ3n) is 3.39. The standard InChI is InChI=1S/C13H16ClNO4S/c1-13(5-7-19-8-6-13)15-12(16)10-3-2-4-11(9-10)20(14,17)18/h2-4,9H,5-8H2,1H3,(H,15,16). The molecule has 1 fully saturated rings. The maximum Gasteiger partial charge on any atom is 0.261 e. The highest BCUT2D eigenvalue weighted by Gasteiger charge is 2.29. The van der Waals surface area contributed by atoms with Crippen LogP contribution in [0.4, 0.5) is 0 Å². The molecule has 1 saturated heterocycles. The van der Waals surface area contributed by atoms with Gasteiger partial charge in [0, 0.05) is 35.0 Å². The van der Waals surface area contributed by atoms with Crippen LogP contribution in [0.5, 0.6) is 0 Å². The summed E-state index contributed by atoms with van der Waals surface area (Å²) in [6.45, 7) is 3.16. The fourth-order valence-corrected chi connectivity index (χ4v) is 2.88. The summed E-state index contributed by atoms with van der Waals surface area (Å²) in [6, 6.07) is 5.69. The van der Waals surface area contributed by atoms with E-state index in [2.05, 4.69) is 5.32 Å². The Kier molecular flexibility index (Phi) is 4.36. The molecule has 0 atom stereocenters. The summed E-state index contributed by atoms with van der Waals surface area (Å²) in [5, 5.41) is 2.93. The molecule has 0 spiro atoms. The minimum atomic E-state index is -3.83. The van der Waals surface area contributed by atoms with E-state index < -0.39 is 9.05 Å². The smallest absolute Gasteiger partial charge is 0.261 e. The lowest BCUT2D eigenvalue weighted by Gasteiger charge is -2.34. The number of hydrogen-bond donors (Lipinski definition) is 1. The van der Waals surface area contributed by atoms with E-state index in [-0.39, 0.29) is 21.9 Å². The summed E-state index contributed by atoms with van der Waals surface area (Å²) in [5.74, 6) is -0.309. The van der Waals surface area contributed by atoms with Crippen LogP contribution in [0.25, 0.3) is 0 Å². The highest BCUT2D eigenvalue weighted by Crippen LogP contribution is 2.21. The largest absolute Gasteiger partial charge is 0.381 e. The molecule has 1 aromatic carbocycles. The van der Waals surface area contributed by atoms with Crippen LogP contribution in [-0.4, -0.2) is 33.1 Å². The van der Waals surface area contributed by atoms with Crippen molar-refractivity contribution in [3.8, 4) is 0 Å². The van der Waals surface area contributed by atoms with Gasteiger partial charge in [-0.05, 0) is 38.0 Å². The van der Waals surface area contributed by atoms with E-state index in [1.54, 1.807) is 6.07 Å². The molecule has 0 aromatic heterocycles. The zero-order valence-corrected chi connectivity index (χ0v) is 12.6. The van der Waals surface area contributed by atoms with Crippen molar-refractivity contribution in [1.82, 2.24) is 5.32 Å². The van der Waals surface area contributed by atoms with Crippen molar-refractivity contribution < 1.29 is 17.9 Å². The quantitative estimate of drug-likeness (QED) is 0.864. The van der Waals surface area contributed by atoms with Crippen LogP contribution in [0.2, 0.25) is 0 Å². The predicted molar refractivity (Wildman–Crippen MR) is 75.4 cm³/mol. The number of nitrogens with one attached hydrogen (secondary N) is 1. The lowest BCUT2D eigenvalue weighted by molar-refractivity contribution is 0.0423. The number of hydrogen-bond acceptors (Lipinski definition) is 4. The molecule has 1 aliphatic heterocycles. The molecular formula is C13H16ClNO4S. The first kappa shape index (κ1) is 15.3. The number of halogens is 1. The summed E-state index contributed by atoms with van der Waals surface area (Å²) in [6.07, 6.45) is 1.46. The second-order valence-corrected chi connectivity index (χ2v) is 7.66. The second kappa shape index (κ2) is 5.71. The van der Waals surface area contributed by atoms with Crippen LogP contribution in [0.15, 0.2) is 29.2 Å². The summed E-state index contributed by atoms with van der Waals surface area (Å²) >= 11 is 0. The number of ether oxygens (including phenoxy) is 1. The first-order chi connectivity index (χ1) is 9.30. The van der Waals surface area contributed by atoms with Crippen LogP contribution in [0, 0.1) is 0 Å². The van der Waals surface area contributed by atoms with Crippen molar-refractivity contribution in [2.24, 2.45) is 0 Å². The van der Waals surface area contributed by atoms with Gasteiger partial charge in [0.2, 0.25) is 0 Å². The molecule has 2 rings (SSSR count). The topological polar surface area (TPSA) is 72.5 Å². The molecule has 0 aliphatic carbocycles. The van der Waals surface area contributed by atoms with E-state index >= 15 is 0 Å². The highest BCUT2D eigenvalue weighted by molar-refractivity contribution is 8.13. The fraction of sp³-hybridized carbons (Fsp3) is 0.462. The van der Waals surface area contributed by atoms with E-state index in [1.807, 2.05) is 6.92 Å². The Hall–Kier alpha value is -1.11. The second-order valence-electron chi connectivity index (χ2n) is 5.09. The zero-order chi connectivity index (χ0) is 14.8. The molecule has 0 saturated carbocycles. The Balaban J connectivity index is 2.17. The lowest BCUT2D eigenvalue weighted by atomic mass is 9.92. The van der Waals surface area contributed by atoms with E-state index in [1.165, 1.54) is 18.2 Å². The average Bonchev–Trinajstić information content (AvgIpc) is 2.38. The maximum absolute atomic E-state index is 12.2. The van der Waals surface area contributed by atoms with Crippen molar-refractivity contribution >= 4 is 25.6 Å². The normalized spacial score (nSPS) is 18.5. The van der Waals surface area contributed by atoms with Crippen molar-refractivity contribution in [3.63, 3.8) is 0 Å². The Labute approximate surface area is 122 Å². The Morgan fingerprint density at radius 3 is 2.60 bits per heavy atom. The van der Waals surface area contributed by atoms with Gasteiger partial charge in [-0.2, -0.15) is 0 Å². The molecule has 1 heterocycles. The molecule has 1 aromatic rings. The Bertz CT molecular complexity index is 609. The van der Waals surface area contributed by atoms with Gasteiger partial charge in [-0.25, -0.2) is 8.42 Å². The molecule has 7 heteroatoms. The molecule has 1 amide bonds. The first-order valence-corrected chi connectivity index (χ1v) is 8.56. The van der Waals surface area contributed by atoms with Gasteiger partial charge in [0.05, 0.1) is 4.90 Å². The number of amides is 1. The van der Waals surface area contributed by atoms with E-state index in [4.69, 9.17) is 15.4 Å². The minimum Gasteiger partial charge on any atom is -0.381 e. The minimum absolute atomic E-state index is 0.0797. The molecule has 110 valence electrons. The lowest BCUT2D eigenvalue weighted by Crippen LogP contribution is -2.49. The van der Waals surface area contributed by atoms with Crippen LogP contribution in [-0.2, 0) is 13.8 Å². The third kappa shape index (κ3) is 3.71. The van der Waals surface area contributed by atoms with Gasteiger partial charge < -0.3 is 10.1 Å². The van der Waals surface area contributed by atoms with Gasteiger partial charge in [-0.15, -0.1) is 0 Å². The molecular weight excluding hydrogens is 302 g/mol. The van der Waals surface area contributed by atoms with Crippen LogP contribution < -0.4 is 5.32 Å². The fourth-order valence-electron chi connectivity index (χ4n) is 2.08. The summed E-state index contributed by atoms with van der Waals surface area (Å²) in [7, 11) is 1.44. The average molecular weight is 318 g/mol. The van der Waals surface area contributed by atoms with Gasteiger partial charge in [-0.1, -0.05) is 6.07 Å². The monoisotopic (exact) mass is 317 g/mol. The van der Waals surface area contributed by atoms with E-state index in [0.717, 1.165) is 12.8 Å². The number of rotatable bonds is 3. The van der Waals surface area contributed by atoms with Gasteiger partial charge >= 0.3 is 0 Å². The van der Waals surface area contributed by atoms with Crippen molar-refractivity contribution in [3.05, 3.63) is 29.8 Å². The van der Waals surface area contributed by atoms with Crippen molar-refractivity contribution in [1.29, 1.82) is 0 Å². The number of benzene rings is 1. The Morgan fingerprint density at radius 1 is 1.35 bits per heavy atom. The zero-order valence-electron chi connectivity index (χ0n) is 11.1. The molecule has 0 radical (unpaired) electrons. The van der Waals surface area contributed by atoms with E-state index in [9.17, 15) is 13.2 Å². The molecule has 0 unspecified atom stereocenters. The van der Waals surface area contributed by atoms with E-state index in [0.29, 0.717) is 13.2 Å². The molecule has 1 N–H and O–H groups in total. The van der Waals surface area contributed by atoms with Crippen molar-refractivity contribution in [2.75, 3.05) is 13.2 Å². The molecule has 5 nitrogen and oxygen atoms in total. The van der Waals surface area contributed by atoms with Crippen LogP contribution in [0.1, 0.15) is 30.1 Å². The Morgan fingerprint density at radius 2 is 2.00 bits per heavy atom. The van der Waals surface area contributed by atoms with Crippen molar-refractivity contribution in [2.45, 2.75) is 30.2 Å². The molecule has 1 aliphatic rings. The SMILES string of the molecule is CC1(NC(=O)c2cccc(S(=O)(=O)Cl)c2)CCOCC1. The van der Waals surface area contributed by atoms with Crippen LogP contribution in [0.3, 0.4) is 0 Å². The maximum atomic E-state index is 12.2. The number of carbonyl (C=O) groups is 1. The molecule has 0 bridgehead atoms. The molecule has 20 heavy (non-hydrogen) atoms. The van der Waals surface area contributed by atoms with Gasteiger partial charge in [0.25, 0.3) is 15.0 Å². The van der Waals surface area contributed by atoms with Gasteiger partial charge in [-0.3, -0.25) is 4.79 Å². The summed E-state index contributed by atoms with van der Waals surface area (Å²) in [4.78, 5) is 12.1. The highest BCUT2D eigenvalue weighted by atomic mass is 35.7. The van der Waals surface area contributed by atoms with Gasteiger partial charge in [0.15, 0.2) is 0 Å². The third-order valence-corrected chi connectivity index (χ3v) is 4.74. The summed E-state index contributed by atoms with van der Waals surface area (Å²) in [5.41, 5.74) is -0.0509. The first-order valence-electron chi connectivity index (χ1n) is 6.25.